The molecule has 3 rings (SSSR count). The van der Waals surface area contributed by atoms with Crippen molar-refractivity contribution in [1.29, 1.82) is 0 Å². The Labute approximate surface area is 113 Å². The van der Waals surface area contributed by atoms with Crippen LogP contribution in [-0.4, -0.2) is 0 Å². The van der Waals surface area contributed by atoms with Crippen molar-refractivity contribution in [3.8, 4) is 0 Å². The molecule has 0 amide bonds. The first-order chi connectivity index (χ1) is 9.43. The molecule has 0 radical (unpaired) electrons. The van der Waals surface area contributed by atoms with Crippen molar-refractivity contribution in [2.45, 2.75) is 6.42 Å². The molecule has 92 valence electrons. The predicted molar refractivity (Wildman–Crippen MR) is 81.4 cm³/mol. The fraction of sp³-hybridized carbons (Fsp3) is 0.0556. The van der Waals surface area contributed by atoms with Gasteiger partial charge in [-0.25, -0.2) is 0 Å². The molecule has 0 bridgehead atoms. The summed E-state index contributed by atoms with van der Waals surface area (Å²) in [5.41, 5.74) is 7.93. The molecule has 0 atom stereocenters. The van der Waals surface area contributed by atoms with Gasteiger partial charge in [-0.05, 0) is 42.3 Å². The molecule has 2 aromatic carbocycles. The summed E-state index contributed by atoms with van der Waals surface area (Å²) < 4.78 is 0. The number of benzene rings is 2. The number of nitrogens with one attached hydrogen (secondary N) is 1. The molecule has 0 aromatic heterocycles. The lowest BCUT2D eigenvalue weighted by Crippen LogP contribution is -1.95. The lowest BCUT2D eigenvalue weighted by atomic mass is 9.98. The average molecular weight is 245 g/mol. The van der Waals surface area contributed by atoms with E-state index in [1.54, 1.807) is 0 Å². The molecular formula is C18H15N. The zero-order chi connectivity index (χ0) is 12.9. The number of rotatable bonds is 3. The Morgan fingerprint density at radius 2 is 1.68 bits per heavy atom. The average Bonchev–Trinajstić information content (AvgIpc) is 2.50. The van der Waals surface area contributed by atoms with E-state index in [1.165, 1.54) is 11.1 Å². The van der Waals surface area contributed by atoms with E-state index in [-0.39, 0.29) is 0 Å². The minimum atomic E-state index is 0.935. The minimum absolute atomic E-state index is 0.935. The standard InChI is InChI=1S/C18H15N/c1-3-9-15(10-4-1)17-13-7-8-14-18(17)19-16-11-5-2-6-12-16/h2-9,11-14,19H,10H2. The van der Waals surface area contributed by atoms with Gasteiger partial charge in [-0.3, -0.25) is 0 Å². The lowest BCUT2D eigenvalue weighted by molar-refractivity contribution is 1.37. The Balaban J connectivity index is 1.94. The van der Waals surface area contributed by atoms with Gasteiger partial charge in [0, 0.05) is 16.9 Å². The van der Waals surface area contributed by atoms with Gasteiger partial charge < -0.3 is 5.32 Å². The van der Waals surface area contributed by atoms with Crippen LogP contribution in [0.1, 0.15) is 12.0 Å². The first-order valence-electron chi connectivity index (χ1n) is 6.45. The summed E-state index contributed by atoms with van der Waals surface area (Å²) in [6.45, 7) is 0. The highest BCUT2D eigenvalue weighted by Crippen LogP contribution is 2.29. The van der Waals surface area contributed by atoms with Gasteiger partial charge in [0.1, 0.15) is 0 Å². The van der Waals surface area contributed by atoms with Gasteiger partial charge in [0.25, 0.3) is 0 Å². The molecular weight excluding hydrogens is 230 g/mol. The third kappa shape index (κ3) is 2.67. The molecule has 1 N–H and O–H groups in total. The van der Waals surface area contributed by atoms with Crippen molar-refractivity contribution < 1.29 is 0 Å². The van der Waals surface area contributed by atoms with E-state index in [1.807, 2.05) is 24.3 Å². The van der Waals surface area contributed by atoms with Gasteiger partial charge in [-0.2, -0.15) is 0 Å². The van der Waals surface area contributed by atoms with E-state index in [4.69, 9.17) is 0 Å². The van der Waals surface area contributed by atoms with Crippen molar-refractivity contribution in [3.05, 3.63) is 84.1 Å². The Hall–Kier alpha value is -2.50. The fourth-order valence-electron chi connectivity index (χ4n) is 2.20. The predicted octanol–water partition coefficient (Wildman–Crippen LogP) is 4.93. The number of allylic oxidation sites excluding steroid dienone is 3. The first kappa shape index (κ1) is 11.6. The molecule has 1 heteroatoms. The van der Waals surface area contributed by atoms with Gasteiger partial charge >= 0.3 is 0 Å². The third-order valence-electron chi connectivity index (χ3n) is 3.15. The summed E-state index contributed by atoms with van der Waals surface area (Å²) in [6, 6.07) is 18.7. The van der Waals surface area contributed by atoms with E-state index in [0.717, 1.165) is 17.8 Å². The summed E-state index contributed by atoms with van der Waals surface area (Å²) in [5, 5.41) is 3.48. The molecule has 2 aromatic rings. The van der Waals surface area contributed by atoms with Crippen LogP contribution in [-0.2, 0) is 0 Å². The normalized spacial score (nSPS) is 13.2. The van der Waals surface area contributed by atoms with Crippen LogP contribution >= 0.6 is 0 Å². The van der Waals surface area contributed by atoms with Crippen molar-refractivity contribution in [2.75, 3.05) is 5.32 Å². The van der Waals surface area contributed by atoms with Crippen LogP contribution in [0.15, 0.2) is 78.6 Å². The highest BCUT2D eigenvalue weighted by Gasteiger charge is 2.07. The number of para-hydroxylation sites is 2. The summed E-state index contributed by atoms with van der Waals surface area (Å²) in [7, 11) is 0. The van der Waals surface area contributed by atoms with Crippen LogP contribution in [0, 0.1) is 0 Å². The molecule has 1 aliphatic carbocycles. The summed E-state index contributed by atoms with van der Waals surface area (Å²) in [5.74, 6) is 0. The van der Waals surface area contributed by atoms with Crippen molar-refractivity contribution in [2.24, 2.45) is 0 Å². The minimum Gasteiger partial charge on any atom is -0.355 e. The van der Waals surface area contributed by atoms with E-state index in [9.17, 15) is 0 Å². The molecule has 1 nitrogen and oxygen atoms in total. The highest BCUT2D eigenvalue weighted by molar-refractivity contribution is 5.80. The smallest absolute Gasteiger partial charge is 0.0460 e. The molecule has 0 aliphatic heterocycles. The Kier molecular flexibility index (Phi) is 3.31. The maximum absolute atomic E-state index is 3.48. The third-order valence-corrected chi connectivity index (χ3v) is 3.15. The molecule has 0 saturated heterocycles. The zero-order valence-corrected chi connectivity index (χ0v) is 10.6. The van der Waals surface area contributed by atoms with Gasteiger partial charge in [0.05, 0.1) is 0 Å². The lowest BCUT2D eigenvalue weighted by Gasteiger charge is -2.14. The molecule has 0 unspecified atom stereocenters. The summed E-state index contributed by atoms with van der Waals surface area (Å²) >= 11 is 0. The number of anilines is 2. The van der Waals surface area contributed by atoms with Crippen molar-refractivity contribution in [1.82, 2.24) is 0 Å². The van der Waals surface area contributed by atoms with E-state index >= 15 is 0 Å². The van der Waals surface area contributed by atoms with Gasteiger partial charge in [-0.15, -0.1) is 5.73 Å². The van der Waals surface area contributed by atoms with Crippen LogP contribution in [0.5, 0.6) is 0 Å². The van der Waals surface area contributed by atoms with Crippen LogP contribution in [0.4, 0.5) is 11.4 Å². The Morgan fingerprint density at radius 3 is 2.47 bits per heavy atom. The Bertz CT molecular complexity index is 659. The summed E-state index contributed by atoms with van der Waals surface area (Å²) in [4.78, 5) is 0. The summed E-state index contributed by atoms with van der Waals surface area (Å²) in [6.07, 6.45) is 7.10. The first-order valence-corrected chi connectivity index (χ1v) is 6.45. The van der Waals surface area contributed by atoms with Gasteiger partial charge in [0.15, 0.2) is 0 Å². The quantitative estimate of drug-likeness (QED) is 0.756. The second-order valence-electron chi connectivity index (χ2n) is 4.47. The molecule has 19 heavy (non-hydrogen) atoms. The second kappa shape index (κ2) is 5.43. The van der Waals surface area contributed by atoms with Crippen LogP contribution < -0.4 is 5.32 Å². The monoisotopic (exact) mass is 245 g/mol. The maximum atomic E-state index is 3.48. The molecule has 0 fully saturated rings. The number of hydrogen-bond donors (Lipinski definition) is 1. The van der Waals surface area contributed by atoms with Crippen molar-refractivity contribution in [3.63, 3.8) is 0 Å². The van der Waals surface area contributed by atoms with Crippen molar-refractivity contribution >= 4 is 16.9 Å². The molecule has 0 saturated carbocycles. The largest absolute Gasteiger partial charge is 0.355 e. The molecule has 0 heterocycles. The van der Waals surface area contributed by atoms with Crippen LogP contribution in [0.25, 0.3) is 5.57 Å². The number of hydrogen-bond acceptors (Lipinski definition) is 1. The van der Waals surface area contributed by atoms with Crippen LogP contribution in [0.3, 0.4) is 0 Å². The molecule has 0 spiro atoms. The zero-order valence-electron chi connectivity index (χ0n) is 10.6. The van der Waals surface area contributed by atoms with Crippen LogP contribution in [0.2, 0.25) is 0 Å². The van der Waals surface area contributed by atoms with Gasteiger partial charge in [-0.1, -0.05) is 42.5 Å². The SMILES string of the molecule is C1=CC=C(c2ccccc2Nc2ccccc2)CC=1. The topological polar surface area (TPSA) is 12.0 Å². The fourth-order valence-corrected chi connectivity index (χ4v) is 2.20. The second-order valence-corrected chi connectivity index (χ2v) is 4.47. The van der Waals surface area contributed by atoms with E-state index in [0.29, 0.717) is 0 Å². The van der Waals surface area contributed by atoms with E-state index in [2.05, 4.69) is 59.6 Å². The molecule has 1 aliphatic rings. The Morgan fingerprint density at radius 1 is 0.895 bits per heavy atom. The van der Waals surface area contributed by atoms with Gasteiger partial charge in [0.2, 0.25) is 0 Å². The van der Waals surface area contributed by atoms with E-state index < -0.39 is 0 Å². The maximum Gasteiger partial charge on any atom is 0.0460 e. The highest BCUT2D eigenvalue weighted by atomic mass is 14.9.